The number of amides is 2. The molecule has 0 atom stereocenters. The number of anilines is 1. The van der Waals surface area contributed by atoms with Crippen molar-refractivity contribution in [2.24, 2.45) is 0 Å². The zero-order valence-electron chi connectivity index (χ0n) is 14.5. The minimum absolute atomic E-state index is 0.222. The third kappa shape index (κ3) is 5.17. The maximum atomic E-state index is 12.4. The highest BCUT2D eigenvalue weighted by Crippen LogP contribution is 2.21. The van der Waals surface area contributed by atoms with Gasteiger partial charge in [-0.2, -0.15) is 0 Å². The first-order valence-electron chi connectivity index (χ1n) is 8.03. The van der Waals surface area contributed by atoms with Crippen LogP contribution in [0.4, 0.5) is 5.69 Å². The normalized spacial score (nSPS) is 10.5. The van der Waals surface area contributed by atoms with Crippen molar-refractivity contribution in [3.63, 3.8) is 0 Å². The number of carbonyl (C=O) groups excluding carboxylic acids is 2. The molecule has 0 aliphatic rings. The van der Waals surface area contributed by atoms with Crippen molar-refractivity contribution >= 4 is 17.5 Å². The van der Waals surface area contributed by atoms with Gasteiger partial charge < -0.3 is 24.7 Å². The molecule has 0 aliphatic heterocycles. The molecule has 1 aromatic heterocycles. The van der Waals surface area contributed by atoms with E-state index in [1.54, 1.807) is 50.6 Å². The molecule has 134 valence electrons. The zero-order valence-corrected chi connectivity index (χ0v) is 14.5. The Morgan fingerprint density at radius 3 is 2.64 bits per heavy atom. The van der Waals surface area contributed by atoms with E-state index in [1.165, 1.54) is 11.2 Å². The van der Waals surface area contributed by atoms with Crippen LogP contribution in [0.3, 0.4) is 0 Å². The summed E-state index contributed by atoms with van der Waals surface area (Å²) in [4.78, 5) is 26.3. The number of hydrogen-bond donors (Lipinski definition) is 2. The molecule has 2 aromatic rings. The van der Waals surface area contributed by atoms with E-state index in [2.05, 4.69) is 10.6 Å². The molecule has 0 unspecified atom stereocenters. The van der Waals surface area contributed by atoms with E-state index in [0.29, 0.717) is 30.9 Å². The number of hydrogen-bond acceptors (Lipinski definition) is 5. The third-order valence-corrected chi connectivity index (χ3v) is 3.62. The molecular formula is C18H23N3O4. The first-order valence-corrected chi connectivity index (χ1v) is 8.03. The Hall–Kier alpha value is -2.64. The lowest BCUT2D eigenvalue weighted by molar-refractivity contribution is 0.0953. The minimum atomic E-state index is -0.313. The summed E-state index contributed by atoms with van der Waals surface area (Å²) in [5, 5.41) is 5.99. The Labute approximate surface area is 146 Å². The Morgan fingerprint density at radius 1 is 1.12 bits per heavy atom. The SMILES string of the molecule is COCCNCCNC(=O)c1ccccc1N(C)C(=O)c1ccco1. The summed E-state index contributed by atoms with van der Waals surface area (Å²) in [7, 11) is 3.25. The fourth-order valence-electron chi connectivity index (χ4n) is 2.29. The van der Waals surface area contributed by atoms with Crippen LogP contribution in [0.5, 0.6) is 0 Å². The van der Waals surface area contributed by atoms with E-state index in [1.807, 2.05) is 0 Å². The van der Waals surface area contributed by atoms with E-state index in [0.717, 1.165) is 6.54 Å². The highest BCUT2D eigenvalue weighted by atomic mass is 16.5. The van der Waals surface area contributed by atoms with Crippen molar-refractivity contribution in [3.05, 3.63) is 54.0 Å². The lowest BCUT2D eigenvalue weighted by Gasteiger charge is -2.19. The lowest BCUT2D eigenvalue weighted by Crippen LogP contribution is -2.34. The summed E-state index contributed by atoms with van der Waals surface area (Å²) in [5.41, 5.74) is 0.954. The van der Waals surface area contributed by atoms with Gasteiger partial charge in [-0.25, -0.2) is 0 Å². The van der Waals surface area contributed by atoms with Crippen LogP contribution in [0.2, 0.25) is 0 Å². The Morgan fingerprint density at radius 2 is 1.92 bits per heavy atom. The van der Waals surface area contributed by atoms with Crippen LogP contribution >= 0.6 is 0 Å². The standard InChI is InChI=1S/C18H23N3O4/c1-21(18(23)16-8-5-12-25-16)15-7-4-3-6-14(15)17(22)20-10-9-19-11-13-24-2/h3-8,12,19H,9-11,13H2,1-2H3,(H,20,22). The molecule has 25 heavy (non-hydrogen) atoms. The smallest absolute Gasteiger partial charge is 0.293 e. The van der Waals surface area contributed by atoms with Crippen LogP contribution < -0.4 is 15.5 Å². The first kappa shape index (κ1) is 18.7. The van der Waals surface area contributed by atoms with Crippen LogP contribution in [0.15, 0.2) is 47.1 Å². The number of nitrogens with zero attached hydrogens (tertiary/aromatic N) is 1. The Kier molecular flexibility index (Phi) is 7.18. The summed E-state index contributed by atoms with van der Waals surface area (Å²) >= 11 is 0. The van der Waals surface area contributed by atoms with Gasteiger partial charge in [0.2, 0.25) is 0 Å². The number of methoxy groups -OCH3 is 1. The van der Waals surface area contributed by atoms with Crippen molar-refractivity contribution in [1.29, 1.82) is 0 Å². The van der Waals surface area contributed by atoms with Gasteiger partial charge >= 0.3 is 0 Å². The molecule has 0 aliphatic carbocycles. The number of carbonyl (C=O) groups is 2. The first-order chi connectivity index (χ1) is 12.1. The zero-order chi connectivity index (χ0) is 18.1. The largest absolute Gasteiger partial charge is 0.459 e. The third-order valence-electron chi connectivity index (χ3n) is 3.62. The predicted octanol–water partition coefficient (Wildman–Crippen LogP) is 1.52. The lowest BCUT2D eigenvalue weighted by atomic mass is 10.1. The molecule has 0 spiro atoms. The number of nitrogens with one attached hydrogen (secondary N) is 2. The van der Waals surface area contributed by atoms with Gasteiger partial charge in [0.1, 0.15) is 0 Å². The van der Waals surface area contributed by atoms with Crippen molar-refractivity contribution in [2.45, 2.75) is 0 Å². The number of furan rings is 1. The van der Waals surface area contributed by atoms with Crippen LogP contribution in [0, 0.1) is 0 Å². The van der Waals surface area contributed by atoms with Crippen molar-refractivity contribution in [1.82, 2.24) is 10.6 Å². The minimum Gasteiger partial charge on any atom is -0.459 e. The quantitative estimate of drug-likeness (QED) is 0.673. The number of para-hydroxylation sites is 1. The molecule has 0 saturated heterocycles. The molecule has 7 heteroatoms. The maximum absolute atomic E-state index is 12.4. The van der Waals surface area contributed by atoms with E-state index < -0.39 is 0 Å². The van der Waals surface area contributed by atoms with Gasteiger partial charge in [0.05, 0.1) is 24.1 Å². The van der Waals surface area contributed by atoms with E-state index in [9.17, 15) is 9.59 Å². The molecule has 1 aromatic carbocycles. The molecule has 1 heterocycles. The molecular weight excluding hydrogens is 322 g/mol. The van der Waals surface area contributed by atoms with Gasteiger partial charge in [-0.1, -0.05) is 12.1 Å². The fourth-order valence-corrected chi connectivity index (χ4v) is 2.29. The maximum Gasteiger partial charge on any atom is 0.293 e. The molecule has 0 saturated carbocycles. The Balaban J connectivity index is 1.99. The van der Waals surface area contributed by atoms with Crippen molar-refractivity contribution < 1.29 is 18.7 Å². The molecule has 2 rings (SSSR count). The van der Waals surface area contributed by atoms with Crippen molar-refractivity contribution in [2.75, 3.05) is 45.3 Å². The van der Waals surface area contributed by atoms with E-state index in [-0.39, 0.29) is 17.6 Å². The second-order valence-electron chi connectivity index (χ2n) is 5.36. The highest BCUT2D eigenvalue weighted by Gasteiger charge is 2.20. The molecule has 7 nitrogen and oxygen atoms in total. The van der Waals surface area contributed by atoms with Gasteiger partial charge in [0, 0.05) is 33.8 Å². The van der Waals surface area contributed by atoms with Gasteiger partial charge in [0.15, 0.2) is 5.76 Å². The van der Waals surface area contributed by atoms with E-state index in [4.69, 9.17) is 9.15 Å². The second-order valence-corrected chi connectivity index (χ2v) is 5.36. The average Bonchev–Trinajstić information content (AvgIpc) is 3.18. The average molecular weight is 345 g/mol. The van der Waals surface area contributed by atoms with Crippen LogP contribution in [0.25, 0.3) is 0 Å². The molecule has 2 amide bonds. The van der Waals surface area contributed by atoms with Gasteiger partial charge in [0.25, 0.3) is 11.8 Å². The van der Waals surface area contributed by atoms with E-state index >= 15 is 0 Å². The van der Waals surface area contributed by atoms with Crippen LogP contribution in [-0.2, 0) is 4.74 Å². The summed E-state index contributed by atoms with van der Waals surface area (Å²) in [5.74, 6) is -0.324. The topological polar surface area (TPSA) is 83.8 Å². The molecule has 2 N–H and O–H groups in total. The predicted molar refractivity (Wildman–Crippen MR) is 95.0 cm³/mol. The summed E-state index contributed by atoms with van der Waals surface area (Å²) in [6, 6.07) is 10.2. The fraction of sp³-hybridized carbons (Fsp3) is 0.333. The number of rotatable bonds is 9. The monoisotopic (exact) mass is 345 g/mol. The Bertz CT molecular complexity index is 685. The van der Waals surface area contributed by atoms with Crippen LogP contribution in [-0.4, -0.2) is 52.2 Å². The van der Waals surface area contributed by atoms with Gasteiger partial charge in [-0.3, -0.25) is 9.59 Å². The summed E-state index contributed by atoms with van der Waals surface area (Å²) in [6.45, 7) is 2.46. The highest BCUT2D eigenvalue weighted by molar-refractivity contribution is 6.09. The molecule has 0 bridgehead atoms. The second kappa shape index (κ2) is 9.61. The van der Waals surface area contributed by atoms with Gasteiger partial charge in [-0.05, 0) is 24.3 Å². The van der Waals surface area contributed by atoms with Gasteiger partial charge in [-0.15, -0.1) is 0 Å². The number of benzene rings is 1. The molecule has 0 radical (unpaired) electrons. The molecule has 0 fully saturated rings. The summed E-state index contributed by atoms with van der Waals surface area (Å²) < 4.78 is 10.1. The summed E-state index contributed by atoms with van der Waals surface area (Å²) in [6.07, 6.45) is 1.44. The number of ether oxygens (including phenoxy) is 1. The van der Waals surface area contributed by atoms with Crippen molar-refractivity contribution in [3.8, 4) is 0 Å². The van der Waals surface area contributed by atoms with Crippen LogP contribution in [0.1, 0.15) is 20.9 Å².